The minimum atomic E-state index is -0.286. The van der Waals surface area contributed by atoms with E-state index in [2.05, 4.69) is 18.3 Å². The Balaban J connectivity index is 1.43. The van der Waals surface area contributed by atoms with E-state index in [-0.39, 0.29) is 30.4 Å². The fourth-order valence-electron chi connectivity index (χ4n) is 4.53. The highest BCUT2D eigenvalue weighted by Gasteiger charge is 2.35. The molecule has 1 fully saturated rings. The molecule has 2 heterocycles. The molecule has 0 saturated carbocycles. The SMILES string of the molecule is COc1ccc(NC(=O)C2CCCN2CC(=O)N2c3ccccc3CCC2C)cc1. The number of para-hydroxylation sites is 1. The summed E-state index contributed by atoms with van der Waals surface area (Å²) in [6.07, 6.45) is 3.64. The van der Waals surface area contributed by atoms with Gasteiger partial charge in [0.1, 0.15) is 5.75 Å². The minimum Gasteiger partial charge on any atom is -0.497 e. The number of ether oxygens (including phenoxy) is 1. The fourth-order valence-corrected chi connectivity index (χ4v) is 4.53. The van der Waals surface area contributed by atoms with Crippen LogP contribution in [0.5, 0.6) is 5.75 Å². The van der Waals surface area contributed by atoms with Crippen LogP contribution >= 0.6 is 0 Å². The summed E-state index contributed by atoms with van der Waals surface area (Å²) in [5.41, 5.74) is 2.97. The number of nitrogens with one attached hydrogen (secondary N) is 1. The van der Waals surface area contributed by atoms with E-state index in [0.29, 0.717) is 0 Å². The molecule has 2 unspecified atom stereocenters. The first-order valence-corrected chi connectivity index (χ1v) is 10.7. The highest BCUT2D eigenvalue weighted by molar-refractivity contribution is 5.98. The molecule has 0 spiro atoms. The summed E-state index contributed by atoms with van der Waals surface area (Å²) < 4.78 is 5.16. The molecule has 6 nitrogen and oxygen atoms in total. The van der Waals surface area contributed by atoms with Crippen molar-refractivity contribution in [3.63, 3.8) is 0 Å². The Labute approximate surface area is 177 Å². The zero-order valence-corrected chi connectivity index (χ0v) is 17.6. The van der Waals surface area contributed by atoms with Gasteiger partial charge in [0.15, 0.2) is 0 Å². The fraction of sp³-hybridized carbons (Fsp3) is 0.417. The summed E-state index contributed by atoms with van der Waals surface area (Å²) in [5, 5.41) is 2.98. The van der Waals surface area contributed by atoms with Gasteiger partial charge in [0.2, 0.25) is 11.8 Å². The van der Waals surface area contributed by atoms with Crippen molar-refractivity contribution in [2.75, 3.05) is 30.4 Å². The van der Waals surface area contributed by atoms with Crippen LogP contribution in [-0.4, -0.2) is 49.0 Å². The van der Waals surface area contributed by atoms with Gasteiger partial charge in [-0.2, -0.15) is 0 Å². The molecule has 0 bridgehead atoms. The molecule has 6 heteroatoms. The number of nitrogens with zero attached hydrogens (tertiary/aromatic N) is 2. The van der Waals surface area contributed by atoms with Crippen molar-refractivity contribution in [2.45, 2.75) is 44.7 Å². The van der Waals surface area contributed by atoms with Crippen LogP contribution in [0.15, 0.2) is 48.5 Å². The Kier molecular flexibility index (Phi) is 6.04. The zero-order chi connectivity index (χ0) is 21.1. The van der Waals surface area contributed by atoms with Crippen LogP contribution in [-0.2, 0) is 16.0 Å². The van der Waals surface area contributed by atoms with E-state index >= 15 is 0 Å². The van der Waals surface area contributed by atoms with Gasteiger partial charge >= 0.3 is 0 Å². The van der Waals surface area contributed by atoms with Crippen molar-refractivity contribution in [2.24, 2.45) is 0 Å². The first-order valence-electron chi connectivity index (χ1n) is 10.7. The molecule has 30 heavy (non-hydrogen) atoms. The predicted octanol–water partition coefficient (Wildman–Crippen LogP) is 3.47. The largest absolute Gasteiger partial charge is 0.497 e. The van der Waals surface area contributed by atoms with Gasteiger partial charge in [0, 0.05) is 17.4 Å². The second-order valence-electron chi connectivity index (χ2n) is 8.13. The number of anilines is 2. The smallest absolute Gasteiger partial charge is 0.241 e. The van der Waals surface area contributed by atoms with Crippen molar-refractivity contribution in [1.82, 2.24) is 4.90 Å². The topological polar surface area (TPSA) is 61.9 Å². The molecule has 2 aromatic carbocycles. The number of amides is 2. The molecule has 0 aliphatic carbocycles. The van der Waals surface area contributed by atoms with E-state index in [1.807, 2.05) is 52.3 Å². The van der Waals surface area contributed by atoms with Crippen molar-refractivity contribution in [3.8, 4) is 5.75 Å². The summed E-state index contributed by atoms with van der Waals surface area (Å²) in [7, 11) is 1.61. The lowest BCUT2D eigenvalue weighted by atomic mass is 9.96. The van der Waals surface area contributed by atoms with Crippen LogP contribution in [0.3, 0.4) is 0 Å². The van der Waals surface area contributed by atoms with Crippen LogP contribution in [0.2, 0.25) is 0 Å². The second kappa shape index (κ2) is 8.88. The molecule has 2 atom stereocenters. The molecule has 2 aromatic rings. The number of fused-ring (bicyclic) bond motifs is 1. The van der Waals surface area contributed by atoms with Gasteiger partial charge in [0.25, 0.3) is 0 Å². The number of carbonyl (C=O) groups excluding carboxylic acids is 2. The number of aryl methyl sites for hydroxylation is 1. The van der Waals surface area contributed by atoms with E-state index in [1.54, 1.807) is 7.11 Å². The molecule has 1 saturated heterocycles. The second-order valence-corrected chi connectivity index (χ2v) is 8.13. The average molecular weight is 408 g/mol. The van der Waals surface area contributed by atoms with Gasteiger partial charge in [-0.15, -0.1) is 0 Å². The Morgan fingerprint density at radius 2 is 1.87 bits per heavy atom. The lowest BCUT2D eigenvalue weighted by Crippen LogP contribution is -2.49. The summed E-state index contributed by atoms with van der Waals surface area (Å²) in [4.78, 5) is 30.1. The third kappa shape index (κ3) is 4.19. The maximum Gasteiger partial charge on any atom is 0.241 e. The standard InChI is InChI=1S/C24H29N3O3/c1-17-9-10-18-6-3-4-7-21(18)27(17)23(28)16-26-15-5-8-22(26)24(29)25-19-11-13-20(30-2)14-12-19/h3-4,6-7,11-14,17,22H,5,8-10,15-16H2,1-2H3,(H,25,29). The van der Waals surface area contributed by atoms with Gasteiger partial charge in [-0.1, -0.05) is 18.2 Å². The maximum absolute atomic E-state index is 13.3. The first-order chi connectivity index (χ1) is 14.6. The Morgan fingerprint density at radius 1 is 1.10 bits per heavy atom. The van der Waals surface area contributed by atoms with Crippen molar-refractivity contribution >= 4 is 23.2 Å². The molecular weight excluding hydrogens is 378 g/mol. The van der Waals surface area contributed by atoms with Crippen molar-refractivity contribution < 1.29 is 14.3 Å². The molecule has 4 rings (SSSR count). The predicted molar refractivity (Wildman–Crippen MR) is 118 cm³/mol. The number of methoxy groups -OCH3 is 1. The highest BCUT2D eigenvalue weighted by Crippen LogP contribution is 2.31. The van der Waals surface area contributed by atoms with Crippen molar-refractivity contribution in [3.05, 3.63) is 54.1 Å². The number of benzene rings is 2. The van der Waals surface area contributed by atoms with Crippen LogP contribution in [0.1, 0.15) is 31.7 Å². The molecule has 0 aromatic heterocycles. The quantitative estimate of drug-likeness (QED) is 0.825. The number of hydrogen-bond acceptors (Lipinski definition) is 4. The first kappa shape index (κ1) is 20.4. The maximum atomic E-state index is 13.3. The zero-order valence-electron chi connectivity index (χ0n) is 17.6. The van der Waals surface area contributed by atoms with E-state index in [9.17, 15) is 9.59 Å². The number of carbonyl (C=O) groups is 2. The van der Waals surface area contributed by atoms with Gasteiger partial charge in [-0.25, -0.2) is 0 Å². The molecule has 1 N–H and O–H groups in total. The molecule has 158 valence electrons. The van der Waals surface area contributed by atoms with Gasteiger partial charge in [-0.05, 0) is 75.0 Å². The van der Waals surface area contributed by atoms with Crippen LogP contribution < -0.4 is 15.0 Å². The van der Waals surface area contributed by atoms with Crippen LogP contribution in [0.4, 0.5) is 11.4 Å². The lowest BCUT2D eigenvalue weighted by Gasteiger charge is -2.36. The third-order valence-electron chi connectivity index (χ3n) is 6.15. The Bertz CT molecular complexity index is 912. The number of rotatable bonds is 5. The van der Waals surface area contributed by atoms with E-state index in [0.717, 1.165) is 49.4 Å². The minimum absolute atomic E-state index is 0.0578. The molecule has 2 aliphatic rings. The third-order valence-corrected chi connectivity index (χ3v) is 6.15. The van der Waals surface area contributed by atoms with Crippen LogP contribution in [0.25, 0.3) is 0 Å². The van der Waals surface area contributed by atoms with Gasteiger partial charge < -0.3 is 15.0 Å². The summed E-state index contributed by atoms with van der Waals surface area (Å²) in [6, 6.07) is 15.3. The van der Waals surface area contributed by atoms with E-state index in [4.69, 9.17) is 4.74 Å². The Morgan fingerprint density at radius 3 is 2.63 bits per heavy atom. The molecule has 2 aliphatic heterocycles. The molecule has 2 amide bonds. The van der Waals surface area contributed by atoms with Gasteiger partial charge in [0.05, 0.1) is 19.7 Å². The number of likely N-dealkylation sites (tertiary alicyclic amines) is 1. The molecular formula is C24H29N3O3. The van der Waals surface area contributed by atoms with Crippen LogP contribution in [0, 0.1) is 0 Å². The van der Waals surface area contributed by atoms with Gasteiger partial charge in [-0.3, -0.25) is 14.5 Å². The van der Waals surface area contributed by atoms with E-state index in [1.165, 1.54) is 5.56 Å². The van der Waals surface area contributed by atoms with E-state index < -0.39 is 0 Å². The average Bonchev–Trinajstić information content (AvgIpc) is 3.22. The highest BCUT2D eigenvalue weighted by atomic mass is 16.5. The lowest BCUT2D eigenvalue weighted by molar-refractivity contribution is -0.123. The summed E-state index contributed by atoms with van der Waals surface area (Å²) in [6.45, 7) is 3.13. The Hall–Kier alpha value is -2.86. The summed E-state index contributed by atoms with van der Waals surface area (Å²) in [5.74, 6) is 0.758. The number of hydrogen-bond donors (Lipinski definition) is 1. The van der Waals surface area contributed by atoms with Crippen molar-refractivity contribution in [1.29, 1.82) is 0 Å². The molecule has 0 radical (unpaired) electrons. The monoisotopic (exact) mass is 407 g/mol. The summed E-state index contributed by atoms with van der Waals surface area (Å²) >= 11 is 0. The normalized spacial score (nSPS) is 21.2.